The van der Waals surface area contributed by atoms with E-state index in [0.29, 0.717) is 18.7 Å². The van der Waals surface area contributed by atoms with Gasteiger partial charge in [0.05, 0.1) is 35.9 Å². The summed E-state index contributed by atoms with van der Waals surface area (Å²) in [6.45, 7) is 4.34. The van der Waals surface area contributed by atoms with E-state index < -0.39 is 0 Å². The van der Waals surface area contributed by atoms with Gasteiger partial charge in [-0.25, -0.2) is 14.3 Å². The Morgan fingerprint density at radius 3 is 2.91 bits per heavy atom. The molecule has 0 radical (unpaired) electrons. The zero-order chi connectivity index (χ0) is 15.7. The number of aromatic nitrogens is 4. The van der Waals surface area contributed by atoms with Crippen LogP contribution >= 0.6 is 0 Å². The van der Waals surface area contributed by atoms with Gasteiger partial charge in [-0.1, -0.05) is 0 Å². The topological polar surface area (TPSA) is 87.4 Å². The molecule has 0 spiro atoms. The number of fused-ring (bicyclic) bond motifs is 1. The van der Waals surface area contributed by atoms with Crippen molar-refractivity contribution in [2.24, 2.45) is 5.73 Å². The quantitative estimate of drug-likeness (QED) is 0.737. The fraction of sp³-hybridized carbons (Fsp3) is 0.267. The van der Waals surface area contributed by atoms with Crippen molar-refractivity contribution in [1.82, 2.24) is 19.2 Å². The SMILES string of the molecule is CCOC(=O)c1cn2ncc(CN)c(-n3ccnc3)c2c1C. The number of ether oxygens (including phenoxy) is 1. The van der Waals surface area contributed by atoms with E-state index in [1.165, 1.54) is 0 Å². The fourth-order valence-corrected chi connectivity index (χ4v) is 2.55. The minimum atomic E-state index is -0.351. The Morgan fingerprint density at radius 2 is 2.27 bits per heavy atom. The average Bonchev–Trinajstić information content (AvgIpc) is 3.15. The van der Waals surface area contributed by atoms with Gasteiger partial charge < -0.3 is 15.0 Å². The summed E-state index contributed by atoms with van der Waals surface area (Å²) in [5, 5.41) is 4.34. The highest BCUT2D eigenvalue weighted by Crippen LogP contribution is 2.26. The third-order valence-corrected chi connectivity index (χ3v) is 3.58. The maximum atomic E-state index is 12.1. The van der Waals surface area contributed by atoms with Crippen molar-refractivity contribution in [1.29, 1.82) is 0 Å². The maximum absolute atomic E-state index is 12.1. The lowest BCUT2D eigenvalue weighted by Crippen LogP contribution is -2.08. The molecule has 0 aliphatic heterocycles. The monoisotopic (exact) mass is 299 g/mol. The van der Waals surface area contributed by atoms with Crippen LogP contribution in [0.1, 0.15) is 28.4 Å². The Labute approximate surface area is 127 Å². The van der Waals surface area contributed by atoms with Gasteiger partial charge >= 0.3 is 5.97 Å². The molecule has 0 bridgehead atoms. The molecular formula is C15H17N5O2. The molecule has 3 aromatic heterocycles. The zero-order valence-corrected chi connectivity index (χ0v) is 12.5. The third kappa shape index (κ3) is 2.15. The van der Waals surface area contributed by atoms with E-state index in [1.54, 1.807) is 36.4 Å². The number of carbonyl (C=O) groups excluding carboxylic acids is 1. The lowest BCUT2D eigenvalue weighted by molar-refractivity contribution is 0.0525. The summed E-state index contributed by atoms with van der Waals surface area (Å²) in [4.78, 5) is 16.2. The minimum Gasteiger partial charge on any atom is -0.462 e. The first-order valence-corrected chi connectivity index (χ1v) is 7.02. The van der Waals surface area contributed by atoms with E-state index in [1.807, 2.05) is 17.7 Å². The predicted molar refractivity (Wildman–Crippen MR) is 80.9 cm³/mol. The van der Waals surface area contributed by atoms with Crippen LogP contribution in [0.15, 0.2) is 31.1 Å². The number of rotatable bonds is 4. The Morgan fingerprint density at radius 1 is 1.45 bits per heavy atom. The van der Waals surface area contributed by atoms with Gasteiger partial charge in [-0.2, -0.15) is 5.10 Å². The van der Waals surface area contributed by atoms with Gasteiger partial charge in [-0.15, -0.1) is 0 Å². The van der Waals surface area contributed by atoms with E-state index in [9.17, 15) is 4.79 Å². The molecule has 114 valence electrons. The number of esters is 1. The first kappa shape index (κ1) is 14.3. The van der Waals surface area contributed by atoms with Crippen molar-refractivity contribution < 1.29 is 9.53 Å². The van der Waals surface area contributed by atoms with Gasteiger partial charge in [-0.05, 0) is 19.4 Å². The van der Waals surface area contributed by atoms with Crippen LogP contribution in [0.3, 0.4) is 0 Å². The van der Waals surface area contributed by atoms with Gasteiger partial charge in [0.15, 0.2) is 0 Å². The molecule has 0 aliphatic carbocycles. The van der Waals surface area contributed by atoms with Crippen LogP contribution in [0.25, 0.3) is 11.2 Å². The Bertz CT molecular complexity index is 820. The molecule has 0 atom stereocenters. The Hall–Kier alpha value is -2.67. The summed E-state index contributed by atoms with van der Waals surface area (Å²) in [6, 6.07) is 0. The van der Waals surface area contributed by atoms with E-state index in [4.69, 9.17) is 10.5 Å². The molecule has 3 aromatic rings. The van der Waals surface area contributed by atoms with Gasteiger partial charge in [0.1, 0.15) is 0 Å². The van der Waals surface area contributed by atoms with E-state index in [-0.39, 0.29) is 5.97 Å². The summed E-state index contributed by atoms with van der Waals surface area (Å²) < 4.78 is 8.65. The van der Waals surface area contributed by atoms with Crippen LogP contribution in [0.4, 0.5) is 0 Å². The fourth-order valence-electron chi connectivity index (χ4n) is 2.55. The van der Waals surface area contributed by atoms with Crippen LogP contribution in [-0.2, 0) is 11.3 Å². The van der Waals surface area contributed by atoms with Gasteiger partial charge in [0, 0.05) is 30.7 Å². The average molecular weight is 299 g/mol. The zero-order valence-electron chi connectivity index (χ0n) is 12.5. The molecule has 3 heterocycles. The molecule has 7 nitrogen and oxygen atoms in total. The predicted octanol–water partition coefficient (Wildman–Crippen LogP) is 1.46. The Kier molecular flexibility index (Phi) is 3.64. The molecule has 0 saturated heterocycles. The smallest absolute Gasteiger partial charge is 0.340 e. The second-order valence-corrected chi connectivity index (χ2v) is 4.87. The van der Waals surface area contributed by atoms with Crippen LogP contribution in [0, 0.1) is 6.92 Å². The number of imidazole rings is 1. The number of nitrogens with zero attached hydrogens (tertiary/aromatic N) is 4. The van der Waals surface area contributed by atoms with Crippen molar-refractivity contribution in [2.75, 3.05) is 6.61 Å². The van der Waals surface area contributed by atoms with E-state index in [2.05, 4.69) is 10.1 Å². The number of hydrogen-bond donors (Lipinski definition) is 1. The highest BCUT2D eigenvalue weighted by molar-refractivity contribution is 5.95. The lowest BCUT2D eigenvalue weighted by Gasteiger charge is -2.11. The van der Waals surface area contributed by atoms with Crippen LogP contribution in [-0.4, -0.2) is 31.7 Å². The second-order valence-electron chi connectivity index (χ2n) is 4.87. The molecule has 0 aromatic carbocycles. The number of aryl methyl sites for hydroxylation is 1. The number of hydrogen-bond acceptors (Lipinski definition) is 5. The van der Waals surface area contributed by atoms with Gasteiger partial charge in [0.25, 0.3) is 0 Å². The molecule has 2 N–H and O–H groups in total. The first-order chi connectivity index (χ1) is 10.7. The van der Waals surface area contributed by atoms with E-state index >= 15 is 0 Å². The van der Waals surface area contributed by atoms with Crippen LogP contribution in [0.2, 0.25) is 0 Å². The molecule has 0 amide bonds. The molecular weight excluding hydrogens is 282 g/mol. The van der Waals surface area contributed by atoms with E-state index in [0.717, 1.165) is 22.3 Å². The molecule has 0 unspecified atom stereocenters. The molecule has 0 saturated carbocycles. The third-order valence-electron chi connectivity index (χ3n) is 3.58. The van der Waals surface area contributed by atoms with Crippen molar-refractivity contribution in [3.63, 3.8) is 0 Å². The van der Waals surface area contributed by atoms with Crippen LogP contribution in [0.5, 0.6) is 0 Å². The summed E-state index contributed by atoms with van der Waals surface area (Å²) in [5.74, 6) is -0.351. The largest absolute Gasteiger partial charge is 0.462 e. The molecule has 0 fully saturated rings. The van der Waals surface area contributed by atoms with Crippen LogP contribution < -0.4 is 5.73 Å². The molecule has 3 rings (SSSR count). The lowest BCUT2D eigenvalue weighted by atomic mass is 10.1. The highest BCUT2D eigenvalue weighted by atomic mass is 16.5. The Balaban J connectivity index is 2.30. The summed E-state index contributed by atoms with van der Waals surface area (Å²) >= 11 is 0. The second kappa shape index (κ2) is 5.61. The number of carbonyl (C=O) groups is 1. The minimum absolute atomic E-state index is 0.334. The van der Waals surface area contributed by atoms with Crippen molar-refractivity contribution in [3.05, 3.63) is 47.8 Å². The molecule has 22 heavy (non-hydrogen) atoms. The molecule has 7 heteroatoms. The van der Waals surface area contributed by atoms with Crippen molar-refractivity contribution in [2.45, 2.75) is 20.4 Å². The normalized spacial score (nSPS) is 11.0. The standard InChI is InChI=1S/C15H17N5O2/c1-3-22-15(21)12-8-20-13(10(12)2)14(11(6-16)7-18-20)19-5-4-17-9-19/h4-5,7-9H,3,6,16H2,1-2H3. The highest BCUT2D eigenvalue weighted by Gasteiger charge is 2.20. The van der Waals surface area contributed by atoms with Gasteiger partial charge in [-0.3, -0.25) is 0 Å². The summed E-state index contributed by atoms with van der Waals surface area (Å²) in [6.07, 6.45) is 8.62. The maximum Gasteiger partial charge on any atom is 0.340 e. The summed E-state index contributed by atoms with van der Waals surface area (Å²) in [5.41, 5.74) is 9.73. The van der Waals surface area contributed by atoms with Crippen molar-refractivity contribution in [3.8, 4) is 5.69 Å². The molecule has 0 aliphatic rings. The number of nitrogens with two attached hydrogens (primary N) is 1. The first-order valence-electron chi connectivity index (χ1n) is 7.02. The van der Waals surface area contributed by atoms with Gasteiger partial charge in [0.2, 0.25) is 0 Å². The summed E-state index contributed by atoms with van der Waals surface area (Å²) in [7, 11) is 0. The van der Waals surface area contributed by atoms with Crippen molar-refractivity contribution >= 4 is 11.5 Å².